The lowest BCUT2D eigenvalue weighted by molar-refractivity contribution is 0.0523. The summed E-state index contributed by atoms with van der Waals surface area (Å²) in [6, 6.07) is 6.78. The number of carbonyl (C=O) groups excluding carboxylic acids is 2. The first kappa shape index (κ1) is 19.8. The molecular formula is C19H16Cl2N2O3. The second kappa shape index (κ2) is 8.22. The summed E-state index contributed by atoms with van der Waals surface area (Å²) < 4.78 is 5.03. The van der Waals surface area contributed by atoms with Crippen molar-refractivity contribution in [1.82, 2.24) is 4.98 Å². The predicted octanol–water partition coefficient (Wildman–Crippen LogP) is 4.90. The van der Waals surface area contributed by atoms with Gasteiger partial charge in [-0.2, -0.15) is 5.26 Å². The number of carbonyl (C=O) groups is 2. The molecule has 0 saturated carbocycles. The number of aromatic nitrogens is 1. The van der Waals surface area contributed by atoms with Crippen LogP contribution in [0.1, 0.15) is 44.6 Å². The molecule has 0 aliphatic carbocycles. The van der Waals surface area contributed by atoms with Gasteiger partial charge in [-0.15, -0.1) is 0 Å². The van der Waals surface area contributed by atoms with Gasteiger partial charge in [-0.25, -0.2) is 4.79 Å². The SMILES string of the molecule is CCOC(=O)c1c(C)[nH]c(C)c1C(=O)/C(C#N)=C/c1cccc(Cl)c1Cl. The van der Waals surface area contributed by atoms with Crippen molar-refractivity contribution in [3.8, 4) is 6.07 Å². The van der Waals surface area contributed by atoms with Crippen LogP contribution in [-0.2, 0) is 4.74 Å². The number of H-pyrrole nitrogens is 1. The predicted molar refractivity (Wildman–Crippen MR) is 101 cm³/mol. The third-order valence-electron chi connectivity index (χ3n) is 3.73. The molecule has 2 rings (SSSR count). The normalized spacial score (nSPS) is 11.2. The van der Waals surface area contributed by atoms with E-state index in [2.05, 4.69) is 4.98 Å². The van der Waals surface area contributed by atoms with E-state index < -0.39 is 11.8 Å². The van der Waals surface area contributed by atoms with Crippen molar-refractivity contribution in [3.05, 3.63) is 61.9 Å². The summed E-state index contributed by atoms with van der Waals surface area (Å²) in [6.07, 6.45) is 1.35. The van der Waals surface area contributed by atoms with Gasteiger partial charge in [-0.3, -0.25) is 4.79 Å². The largest absolute Gasteiger partial charge is 0.462 e. The van der Waals surface area contributed by atoms with E-state index in [0.29, 0.717) is 22.0 Å². The van der Waals surface area contributed by atoms with Crippen LogP contribution in [0, 0.1) is 25.2 Å². The van der Waals surface area contributed by atoms with Crippen molar-refractivity contribution in [2.75, 3.05) is 6.61 Å². The minimum absolute atomic E-state index is 0.118. The molecule has 1 aromatic heterocycles. The third kappa shape index (κ3) is 3.82. The monoisotopic (exact) mass is 390 g/mol. The Kier molecular flexibility index (Phi) is 6.25. The molecule has 0 atom stereocenters. The number of allylic oxidation sites excluding steroid dienone is 1. The second-order valence-electron chi connectivity index (χ2n) is 5.49. The van der Waals surface area contributed by atoms with E-state index in [1.807, 2.05) is 6.07 Å². The van der Waals surface area contributed by atoms with Crippen LogP contribution in [0.15, 0.2) is 23.8 Å². The number of rotatable bonds is 5. The molecule has 0 aliphatic heterocycles. The first-order chi connectivity index (χ1) is 12.3. The Labute approximate surface area is 161 Å². The fraction of sp³-hybridized carbons (Fsp3) is 0.211. The van der Waals surface area contributed by atoms with Crippen molar-refractivity contribution < 1.29 is 14.3 Å². The summed E-state index contributed by atoms with van der Waals surface area (Å²) in [5.41, 5.74) is 1.50. The van der Waals surface area contributed by atoms with Gasteiger partial charge < -0.3 is 9.72 Å². The summed E-state index contributed by atoms with van der Waals surface area (Å²) in [5, 5.41) is 10.0. The quantitative estimate of drug-likeness (QED) is 0.340. The van der Waals surface area contributed by atoms with Gasteiger partial charge in [0.05, 0.1) is 27.8 Å². The Morgan fingerprint density at radius 1 is 1.23 bits per heavy atom. The molecule has 0 amide bonds. The maximum atomic E-state index is 12.9. The molecule has 7 heteroatoms. The molecule has 0 radical (unpaired) electrons. The number of nitrogens with one attached hydrogen (secondary N) is 1. The van der Waals surface area contributed by atoms with E-state index in [4.69, 9.17) is 27.9 Å². The molecule has 0 spiro atoms. The highest BCUT2D eigenvalue weighted by molar-refractivity contribution is 6.43. The van der Waals surface area contributed by atoms with Crippen LogP contribution in [0.3, 0.4) is 0 Å². The molecule has 5 nitrogen and oxygen atoms in total. The topological polar surface area (TPSA) is 83.0 Å². The number of aromatic amines is 1. The first-order valence-corrected chi connectivity index (χ1v) is 8.54. The molecule has 1 aromatic carbocycles. The Hall–Kier alpha value is -2.55. The van der Waals surface area contributed by atoms with Crippen LogP contribution in [0.5, 0.6) is 0 Å². The molecule has 1 N–H and O–H groups in total. The summed E-state index contributed by atoms with van der Waals surface area (Å²) in [7, 11) is 0. The molecular weight excluding hydrogens is 375 g/mol. The van der Waals surface area contributed by atoms with E-state index in [1.165, 1.54) is 6.08 Å². The Morgan fingerprint density at radius 3 is 2.50 bits per heavy atom. The Bertz CT molecular complexity index is 952. The fourth-order valence-corrected chi connectivity index (χ4v) is 2.96. The smallest absolute Gasteiger partial charge is 0.340 e. The number of halogens is 2. The number of Topliss-reactive ketones (excluding diaryl/α,β-unsaturated/α-hetero) is 1. The molecule has 1 heterocycles. The highest BCUT2D eigenvalue weighted by atomic mass is 35.5. The van der Waals surface area contributed by atoms with E-state index in [9.17, 15) is 14.9 Å². The number of hydrogen-bond acceptors (Lipinski definition) is 4. The van der Waals surface area contributed by atoms with Gasteiger partial charge in [0, 0.05) is 11.4 Å². The lowest BCUT2D eigenvalue weighted by Gasteiger charge is -2.06. The number of esters is 1. The van der Waals surface area contributed by atoms with Crippen LogP contribution in [0.2, 0.25) is 10.0 Å². The minimum Gasteiger partial charge on any atom is -0.462 e. The van der Waals surface area contributed by atoms with Crippen LogP contribution in [0.4, 0.5) is 0 Å². The number of ether oxygens (including phenoxy) is 1. The summed E-state index contributed by atoms with van der Waals surface area (Å²) in [5.74, 6) is -1.20. The molecule has 0 saturated heterocycles. The zero-order valence-electron chi connectivity index (χ0n) is 14.4. The number of nitriles is 1. The highest BCUT2D eigenvalue weighted by Gasteiger charge is 2.27. The number of ketones is 1. The van der Waals surface area contributed by atoms with E-state index in [0.717, 1.165) is 0 Å². The van der Waals surface area contributed by atoms with Crippen molar-refractivity contribution in [1.29, 1.82) is 5.26 Å². The van der Waals surface area contributed by atoms with Crippen LogP contribution < -0.4 is 0 Å². The van der Waals surface area contributed by atoms with Gasteiger partial charge in [0.15, 0.2) is 0 Å². The molecule has 0 fully saturated rings. The van der Waals surface area contributed by atoms with Crippen LogP contribution >= 0.6 is 23.2 Å². The zero-order valence-corrected chi connectivity index (χ0v) is 16.0. The molecule has 0 bridgehead atoms. The van der Waals surface area contributed by atoms with Crippen LogP contribution in [0.25, 0.3) is 6.08 Å². The van der Waals surface area contributed by atoms with Gasteiger partial charge in [-0.05, 0) is 38.5 Å². The van der Waals surface area contributed by atoms with Gasteiger partial charge in [-0.1, -0.05) is 35.3 Å². The standard InChI is InChI=1S/C19H16Cl2N2O3/c1-4-26-19(25)16-11(3)23-10(2)15(16)18(24)13(9-22)8-12-6-5-7-14(20)17(12)21/h5-8,23H,4H2,1-3H3/b13-8+. The second-order valence-corrected chi connectivity index (χ2v) is 6.27. The maximum absolute atomic E-state index is 12.9. The molecule has 2 aromatic rings. The van der Waals surface area contributed by atoms with Crippen molar-refractivity contribution in [2.45, 2.75) is 20.8 Å². The first-order valence-electron chi connectivity index (χ1n) is 7.78. The minimum atomic E-state index is -0.615. The number of benzene rings is 1. The lowest BCUT2D eigenvalue weighted by atomic mass is 9.98. The average Bonchev–Trinajstić information content (AvgIpc) is 2.90. The molecule has 134 valence electrons. The molecule has 0 unspecified atom stereocenters. The van der Waals surface area contributed by atoms with Crippen molar-refractivity contribution in [3.63, 3.8) is 0 Å². The number of nitrogens with zero attached hydrogens (tertiary/aromatic N) is 1. The van der Waals surface area contributed by atoms with E-state index in [-0.39, 0.29) is 28.3 Å². The zero-order chi connectivity index (χ0) is 19.4. The number of aryl methyl sites for hydroxylation is 2. The third-order valence-corrected chi connectivity index (χ3v) is 4.56. The van der Waals surface area contributed by atoms with Gasteiger partial charge in [0.1, 0.15) is 11.6 Å². The van der Waals surface area contributed by atoms with Gasteiger partial charge in [0.2, 0.25) is 5.78 Å². The fourth-order valence-electron chi connectivity index (χ4n) is 2.59. The summed E-state index contributed by atoms with van der Waals surface area (Å²) in [4.78, 5) is 28.1. The highest BCUT2D eigenvalue weighted by Crippen LogP contribution is 2.29. The lowest BCUT2D eigenvalue weighted by Crippen LogP contribution is -2.13. The van der Waals surface area contributed by atoms with Crippen molar-refractivity contribution >= 4 is 41.0 Å². The Morgan fingerprint density at radius 2 is 1.88 bits per heavy atom. The van der Waals surface area contributed by atoms with Crippen molar-refractivity contribution in [2.24, 2.45) is 0 Å². The molecule has 26 heavy (non-hydrogen) atoms. The van der Waals surface area contributed by atoms with Gasteiger partial charge >= 0.3 is 5.97 Å². The van der Waals surface area contributed by atoms with E-state index >= 15 is 0 Å². The summed E-state index contributed by atoms with van der Waals surface area (Å²) >= 11 is 12.1. The average molecular weight is 391 g/mol. The summed E-state index contributed by atoms with van der Waals surface area (Å²) in [6.45, 7) is 5.18. The van der Waals surface area contributed by atoms with Gasteiger partial charge in [0.25, 0.3) is 0 Å². The van der Waals surface area contributed by atoms with E-state index in [1.54, 1.807) is 39.0 Å². The molecule has 0 aliphatic rings. The maximum Gasteiger partial charge on any atom is 0.340 e. The Balaban J connectivity index is 2.57. The van der Waals surface area contributed by atoms with Crippen LogP contribution in [-0.4, -0.2) is 23.3 Å². The number of hydrogen-bond donors (Lipinski definition) is 1.